The lowest BCUT2D eigenvalue weighted by Crippen LogP contribution is -2.05. The lowest BCUT2D eigenvalue weighted by atomic mass is 10.2. The monoisotopic (exact) mass is 385 g/mol. The van der Waals surface area contributed by atoms with Gasteiger partial charge in [0.2, 0.25) is 0 Å². The number of nitrogens with one attached hydrogen (secondary N) is 2. The number of anilines is 5. The van der Waals surface area contributed by atoms with E-state index in [1.165, 1.54) is 6.33 Å². The Labute approximate surface area is 164 Å². The van der Waals surface area contributed by atoms with Crippen LogP contribution in [0.2, 0.25) is 0 Å². The van der Waals surface area contributed by atoms with Crippen LogP contribution in [0.25, 0.3) is 21.1 Å². The summed E-state index contributed by atoms with van der Waals surface area (Å²) in [5, 5.41) is 8.23. The van der Waals surface area contributed by atoms with Crippen molar-refractivity contribution in [1.82, 2.24) is 19.9 Å². The molecule has 28 heavy (non-hydrogen) atoms. The second-order valence-electron chi connectivity index (χ2n) is 6.10. The van der Waals surface area contributed by atoms with Gasteiger partial charge in [0.1, 0.15) is 12.0 Å². The summed E-state index contributed by atoms with van der Waals surface area (Å²) in [6.45, 7) is 0. The molecule has 2 aromatic carbocycles. The average Bonchev–Trinajstić information content (AvgIpc) is 3.14. The van der Waals surface area contributed by atoms with Crippen molar-refractivity contribution in [2.24, 2.45) is 0 Å². The Kier molecular flexibility index (Phi) is 3.95. The van der Waals surface area contributed by atoms with E-state index in [1.807, 2.05) is 54.6 Å². The minimum Gasteiger partial charge on any atom is -0.393 e. The third kappa shape index (κ3) is 2.95. The zero-order chi connectivity index (χ0) is 18.9. The van der Waals surface area contributed by atoms with Gasteiger partial charge in [-0.2, -0.15) is 0 Å². The fourth-order valence-corrected chi connectivity index (χ4v) is 3.82. The van der Waals surface area contributed by atoms with Crippen molar-refractivity contribution >= 4 is 60.6 Å². The maximum absolute atomic E-state index is 6.32. The highest BCUT2D eigenvalue weighted by Gasteiger charge is 2.12. The lowest BCUT2D eigenvalue weighted by molar-refractivity contribution is 1.17. The highest BCUT2D eigenvalue weighted by atomic mass is 32.1. The largest absolute Gasteiger partial charge is 0.393 e. The van der Waals surface area contributed by atoms with Gasteiger partial charge in [0.15, 0.2) is 16.8 Å². The number of aromatic nitrogens is 4. The summed E-state index contributed by atoms with van der Waals surface area (Å²) in [6.07, 6.45) is 3.23. The number of hydrogen-bond acceptors (Lipinski definition) is 8. The molecule has 4 N–H and O–H groups in total. The normalized spacial score (nSPS) is 11.0. The first-order valence-electron chi connectivity index (χ1n) is 8.62. The van der Waals surface area contributed by atoms with Crippen LogP contribution in [0.1, 0.15) is 0 Å². The van der Waals surface area contributed by atoms with Gasteiger partial charge in [-0.3, -0.25) is 4.98 Å². The van der Waals surface area contributed by atoms with Gasteiger partial charge in [0, 0.05) is 11.6 Å². The van der Waals surface area contributed by atoms with Crippen LogP contribution in [0.3, 0.4) is 0 Å². The summed E-state index contributed by atoms with van der Waals surface area (Å²) in [5.41, 5.74) is 9.35. The molecule has 0 amide bonds. The van der Waals surface area contributed by atoms with Gasteiger partial charge in [0.05, 0.1) is 21.4 Å². The number of para-hydroxylation sites is 2. The minimum atomic E-state index is 0.412. The quantitative estimate of drug-likeness (QED) is 0.412. The van der Waals surface area contributed by atoms with Crippen molar-refractivity contribution in [3.8, 4) is 0 Å². The number of benzene rings is 2. The first kappa shape index (κ1) is 16.4. The average molecular weight is 385 g/mol. The Hall–Kier alpha value is -3.78. The summed E-state index contributed by atoms with van der Waals surface area (Å²) in [6, 6.07) is 17.8. The van der Waals surface area contributed by atoms with Crippen LogP contribution in [0, 0.1) is 0 Å². The third-order valence-corrected chi connectivity index (χ3v) is 5.24. The summed E-state index contributed by atoms with van der Waals surface area (Å²) in [4.78, 5) is 17.6. The molecule has 0 aliphatic carbocycles. The molecule has 8 heteroatoms. The number of rotatable bonds is 4. The van der Waals surface area contributed by atoms with Gasteiger partial charge in [-0.1, -0.05) is 41.7 Å². The Bertz CT molecular complexity index is 1260. The molecule has 0 aliphatic rings. The van der Waals surface area contributed by atoms with Gasteiger partial charge in [-0.05, 0) is 24.3 Å². The standard InChI is InChI=1S/C20H15N7S/c21-16-18(25-14-8-3-5-12-6-4-10-22-17(12)14)23-11-24-19(16)27-20-26-13-7-1-2-9-15(13)28-20/h1-11H,21H2,(H2,23,24,25,26,27). The Morgan fingerprint density at radius 2 is 1.64 bits per heavy atom. The van der Waals surface area contributed by atoms with Crippen LogP contribution in [0.15, 0.2) is 67.1 Å². The SMILES string of the molecule is Nc1c(Nc2nc3ccccc3s2)ncnc1Nc1cccc2cccnc12. The van der Waals surface area contributed by atoms with Crippen LogP contribution in [-0.4, -0.2) is 19.9 Å². The molecule has 5 aromatic rings. The van der Waals surface area contributed by atoms with E-state index in [1.54, 1.807) is 17.5 Å². The highest BCUT2D eigenvalue weighted by molar-refractivity contribution is 7.22. The second-order valence-corrected chi connectivity index (χ2v) is 7.13. The fraction of sp³-hybridized carbons (Fsp3) is 0. The molecule has 0 saturated heterocycles. The van der Waals surface area contributed by atoms with Crippen molar-refractivity contribution in [3.63, 3.8) is 0 Å². The maximum Gasteiger partial charge on any atom is 0.189 e. The van der Waals surface area contributed by atoms with Crippen LogP contribution in [0.4, 0.5) is 28.1 Å². The van der Waals surface area contributed by atoms with Gasteiger partial charge in [-0.15, -0.1) is 0 Å². The molecule has 7 nitrogen and oxygen atoms in total. The molecule has 0 atom stereocenters. The van der Waals surface area contributed by atoms with E-state index in [2.05, 4.69) is 30.6 Å². The molecule has 0 aliphatic heterocycles. The zero-order valence-electron chi connectivity index (χ0n) is 14.6. The van der Waals surface area contributed by atoms with Crippen LogP contribution in [0.5, 0.6) is 0 Å². The third-order valence-electron chi connectivity index (χ3n) is 4.29. The van der Waals surface area contributed by atoms with Crippen molar-refractivity contribution in [2.45, 2.75) is 0 Å². The summed E-state index contributed by atoms with van der Waals surface area (Å²) in [5.74, 6) is 1.02. The zero-order valence-corrected chi connectivity index (χ0v) is 15.4. The molecule has 5 rings (SSSR count). The van der Waals surface area contributed by atoms with Crippen molar-refractivity contribution < 1.29 is 0 Å². The number of pyridine rings is 1. The summed E-state index contributed by atoms with van der Waals surface area (Å²) in [7, 11) is 0. The molecule has 0 spiro atoms. The van der Waals surface area contributed by atoms with E-state index in [9.17, 15) is 0 Å². The van der Waals surface area contributed by atoms with Crippen LogP contribution in [-0.2, 0) is 0 Å². The van der Waals surface area contributed by atoms with E-state index >= 15 is 0 Å². The first-order chi connectivity index (χ1) is 13.8. The molecular formula is C20H15N7S. The van der Waals surface area contributed by atoms with Crippen molar-refractivity contribution in [2.75, 3.05) is 16.4 Å². The second kappa shape index (κ2) is 6.75. The Morgan fingerprint density at radius 3 is 2.54 bits per heavy atom. The molecule has 3 heterocycles. The lowest BCUT2D eigenvalue weighted by Gasteiger charge is -2.12. The number of thiazole rings is 1. The summed E-state index contributed by atoms with van der Waals surface area (Å²) >= 11 is 1.54. The van der Waals surface area contributed by atoms with Crippen LogP contribution >= 0.6 is 11.3 Å². The number of nitrogens with zero attached hydrogens (tertiary/aromatic N) is 4. The summed E-state index contributed by atoms with van der Waals surface area (Å²) < 4.78 is 1.10. The number of hydrogen-bond donors (Lipinski definition) is 3. The van der Waals surface area contributed by atoms with Gasteiger partial charge in [0.25, 0.3) is 0 Å². The van der Waals surface area contributed by atoms with Crippen LogP contribution < -0.4 is 16.4 Å². The molecular weight excluding hydrogens is 370 g/mol. The van der Waals surface area contributed by atoms with E-state index < -0.39 is 0 Å². The molecule has 0 saturated carbocycles. The van der Waals surface area contributed by atoms with Crippen molar-refractivity contribution in [3.05, 3.63) is 67.1 Å². The van der Waals surface area contributed by atoms with Gasteiger partial charge >= 0.3 is 0 Å². The van der Waals surface area contributed by atoms with Crippen molar-refractivity contribution in [1.29, 1.82) is 0 Å². The topological polar surface area (TPSA) is 102 Å². The number of fused-ring (bicyclic) bond motifs is 2. The smallest absolute Gasteiger partial charge is 0.189 e. The Balaban J connectivity index is 1.48. The molecule has 0 unspecified atom stereocenters. The molecule has 136 valence electrons. The van der Waals surface area contributed by atoms with E-state index in [0.717, 1.165) is 31.9 Å². The van der Waals surface area contributed by atoms with E-state index in [0.29, 0.717) is 17.3 Å². The minimum absolute atomic E-state index is 0.412. The van der Waals surface area contributed by atoms with E-state index in [4.69, 9.17) is 5.73 Å². The van der Waals surface area contributed by atoms with E-state index in [-0.39, 0.29) is 0 Å². The van der Waals surface area contributed by atoms with Gasteiger partial charge < -0.3 is 16.4 Å². The Morgan fingerprint density at radius 1 is 0.821 bits per heavy atom. The predicted molar refractivity (Wildman–Crippen MR) is 114 cm³/mol. The first-order valence-corrected chi connectivity index (χ1v) is 9.43. The maximum atomic E-state index is 6.32. The molecule has 0 radical (unpaired) electrons. The predicted octanol–water partition coefficient (Wildman–Crippen LogP) is 4.70. The highest BCUT2D eigenvalue weighted by Crippen LogP contribution is 2.33. The molecule has 0 fully saturated rings. The number of nitrogens with two attached hydrogens (primary N) is 1. The van der Waals surface area contributed by atoms with Gasteiger partial charge in [-0.25, -0.2) is 15.0 Å². The fourth-order valence-electron chi connectivity index (χ4n) is 2.95. The molecule has 3 aromatic heterocycles. The molecule has 0 bridgehead atoms. The number of nitrogen functional groups attached to an aromatic ring is 1.